The smallest absolute Gasteiger partial charge is 0.316 e. The third kappa shape index (κ3) is 1.06. The first kappa shape index (κ1) is 9.30. The number of hydrogen-bond donors (Lipinski definition) is 0. The van der Waals surface area contributed by atoms with Crippen LogP contribution in [0, 0.1) is 10.8 Å². The first-order valence-corrected chi connectivity index (χ1v) is 4.22. The van der Waals surface area contributed by atoms with Crippen molar-refractivity contribution in [1.82, 2.24) is 0 Å². The molecule has 1 unspecified atom stereocenters. The van der Waals surface area contributed by atoms with Gasteiger partial charge in [-0.25, -0.2) is 0 Å². The maximum atomic E-state index is 11.4. The topological polar surface area (TPSA) is 26.3 Å². The van der Waals surface area contributed by atoms with E-state index in [-0.39, 0.29) is 16.8 Å². The molecular weight excluding hydrogens is 152 g/mol. The van der Waals surface area contributed by atoms with Crippen molar-refractivity contribution in [2.24, 2.45) is 10.8 Å². The molecule has 68 valence electrons. The van der Waals surface area contributed by atoms with Gasteiger partial charge in [0.25, 0.3) is 0 Å². The molecule has 0 saturated heterocycles. The van der Waals surface area contributed by atoms with Gasteiger partial charge in [-0.05, 0) is 18.8 Å². The quantitative estimate of drug-likeness (QED) is 0.466. The van der Waals surface area contributed by atoms with Crippen LogP contribution in [0.1, 0.15) is 27.2 Å². The van der Waals surface area contributed by atoms with Gasteiger partial charge in [0.2, 0.25) is 0 Å². The van der Waals surface area contributed by atoms with Crippen LogP contribution in [-0.2, 0) is 9.53 Å². The van der Waals surface area contributed by atoms with Crippen LogP contribution in [0.2, 0.25) is 0 Å². The maximum Gasteiger partial charge on any atom is 0.316 e. The van der Waals surface area contributed by atoms with Gasteiger partial charge in [-0.2, -0.15) is 0 Å². The van der Waals surface area contributed by atoms with Crippen molar-refractivity contribution in [1.29, 1.82) is 0 Å². The van der Waals surface area contributed by atoms with Crippen LogP contribution in [0.5, 0.6) is 0 Å². The Kier molecular flexibility index (Phi) is 2.02. The summed E-state index contributed by atoms with van der Waals surface area (Å²) in [5.74, 6) is -0.106. The molecule has 0 heterocycles. The largest absolute Gasteiger partial charge is 0.468 e. The van der Waals surface area contributed by atoms with E-state index in [0.29, 0.717) is 0 Å². The van der Waals surface area contributed by atoms with Crippen LogP contribution in [-0.4, -0.2) is 13.1 Å². The first-order chi connectivity index (χ1) is 5.50. The highest BCUT2D eigenvalue weighted by molar-refractivity contribution is 5.84. The molecule has 12 heavy (non-hydrogen) atoms. The Balaban J connectivity index is 2.86. The van der Waals surface area contributed by atoms with Gasteiger partial charge in [0.1, 0.15) is 0 Å². The highest BCUT2D eigenvalue weighted by Crippen LogP contribution is 2.64. The van der Waals surface area contributed by atoms with Crippen molar-refractivity contribution in [3.63, 3.8) is 0 Å². The molecule has 1 saturated carbocycles. The van der Waals surface area contributed by atoms with Crippen molar-refractivity contribution in [2.45, 2.75) is 27.2 Å². The third-order valence-electron chi connectivity index (χ3n) is 2.80. The lowest BCUT2D eigenvalue weighted by Gasteiger charge is -2.12. The lowest BCUT2D eigenvalue weighted by Crippen LogP contribution is -2.20. The van der Waals surface area contributed by atoms with Crippen LogP contribution < -0.4 is 0 Å². The van der Waals surface area contributed by atoms with E-state index in [9.17, 15) is 4.79 Å². The molecule has 0 bridgehead atoms. The number of ether oxygens (including phenoxy) is 1. The molecule has 1 atom stereocenters. The van der Waals surface area contributed by atoms with Crippen molar-refractivity contribution >= 4 is 5.97 Å². The number of rotatable bonds is 2. The number of carbonyl (C=O) groups is 1. The summed E-state index contributed by atoms with van der Waals surface area (Å²) in [7, 11) is 1.45. The fourth-order valence-corrected chi connectivity index (χ4v) is 1.82. The molecule has 0 amide bonds. The van der Waals surface area contributed by atoms with Crippen LogP contribution in [0.3, 0.4) is 0 Å². The summed E-state index contributed by atoms with van der Waals surface area (Å²) in [5.41, 5.74) is -0.261. The number of hydrogen-bond acceptors (Lipinski definition) is 2. The van der Waals surface area contributed by atoms with E-state index < -0.39 is 0 Å². The Hall–Kier alpha value is -0.790. The number of methoxy groups -OCH3 is 1. The minimum Gasteiger partial charge on any atom is -0.468 e. The molecule has 1 rings (SSSR count). The van der Waals surface area contributed by atoms with Crippen molar-refractivity contribution in [3.8, 4) is 0 Å². The van der Waals surface area contributed by atoms with Gasteiger partial charge < -0.3 is 4.74 Å². The fraction of sp³-hybridized carbons (Fsp3) is 0.700. The molecule has 0 spiro atoms. The second-order valence-corrected chi connectivity index (χ2v) is 4.02. The summed E-state index contributed by atoms with van der Waals surface area (Å²) < 4.78 is 4.78. The van der Waals surface area contributed by atoms with Crippen LogP contribution >= 0.6 is 0 Å². The zero-order chi connectivity index (χ0) is 9.41. The van der Waals surface area contributed by atoms with Gasteiger partial charge in [0.05, 0.1) is 12.5 Å². The molecule has 1 aliphatic rings. The van der Waals surface area contributed by atoms with E-state index in [2.05, 4.69) is 13.8 Å². The minimum atomic E-state index is -0.337. The molecule has 2 heteroatoms. The molecule has 0 aliphatic heterocycles. The SMILES string of the molecule is C/C=C/C1(C(=O)OC)CC1(C)C. The monoisotopic (exact) mass is 168 g/mol. The highest BCUT2D eigenvalue weighted by Gasteiger charge is 2.65. The average molecular weight is 168 g/mol. The Morgan fingerprint density at radius 1 is 1.50 bits per heavy atom. The number of esters is 1. The van der Waals surface area contributed by atoms with Gasteiger partial charge in [-0.15, -0.1) is 0 Å². The highest BCUT2D eigenvalue weighted by atomic mass is 16.5. The Morgan fingerprint density at radius 2 is 2.00 bits per heavy atom. The zero-order valence-electron chi connectivity index (χ0n) is 8.18. The minimum absolute atomic E-state index is 0.0760. The molecule has 0 aromatic rings. The second kappa shape index (κ2) is 2.61. The predicted molar refractivity (Wildman–Crippen MR) is 47.7 cm³/mol. The molecule has 1 aliphatic carbocycles. The number of allylic oxidation sites excluding steroid dienone is 1. The van der Waals surface area contributed by atoms with Gasteiger partial charge in [-0.3, -0.25) is 4.79 Å². The second-order valence-electron chi connectivity index (χ2n) is 4.02. The molecule has 0 aromatic carbocycles. The van der Waals surface area contributed by atoms with Crippen LogP contribution in [0.15, 0.2) is 12.2 Å². The molecular formula is C10H16O2. The Labute approximate surface area is 73.6 Å². The normalized spacial score (nSPS) is 32.0. The predicted octanol–water partition coefficient (Wildman–Crippen LogP) is 2.15. The third-order valence-corrected chi connectivity index (χ3v) is 2.80. The van der Waals surface area contributed by atoms with Crippen molar-refractivity contribution < 1.29 is 9.53 Å². The van der Waals surface area contributed by atoms with Crippen LogP contribution in [0.25, 0.3) is 0 Å². The molecule has 0 aromatic heterocycles. The van der Waals surface area contributed by atoms with E-state index in [1.807, 2.05) is 19.1 Å². The van der Waals surface area contributed by atoms with Gasteiger partial charge >= 0.3 is 5.97 Å². The first-order valence-electron chi connectivity index (χ1n) is 4.22. The van der Waals surface area contributed by atoms with E-state index in [4.69, 9.17) is 4.74 Å². The fourth-order valence-electron chi connectivity index (χ4n) is 1.82. The van der Waals surface area contributed by atoms with Crippen molar-refractivity contribution in [3.05, 3.63) is 12.2 Å². The van der Waals surface area contributed by atoms with Gasteiger partial charge in [-0.1, -0.05) is 26.0 Å². The molecule has 0 radical (unpaired) electrons. The van der Waals surface area contributed by atoms with Crippen LogP contribution in [0.4, 0.5) is 0 Å². The van der Waals surface area contributed by atoms with Gasteiger partial charge in [0.15, 0.2) is 0 Å². The zero-order valence-corrected chi connectivity index (χ0v) is 8.18. The van der Waals surface area contributed by atoms with E-state index in [1.54, 1.807) is 0 Å². The molecule has 2 nitrogen and oxygen atoms in total. The summed E-state index contributed by atoms with van der Waals surface area (Å²) in [6.45, 7) is 6.10. The lowest BCUT2D eigenvalue weighted by atomic mass is 9.95. The Morgan fingerprint density at radius 3 is 2.25 bits per heavy atom. The summed E-state index contributed by atoms with van der Waals surface area (Å²) in [6, 6.07) is 0. The molecule has 0 N–H and O–H groups in total. The Bertz CT molecular complexity index is 228. The van der Waals surface area contributed by atoms with E-state index in [0.717, 1.165) is 6.42 Å². The summed E-state index contributed by atoms with van der Waals surface area (Å²) in [6.07, 6.45) is 4.78. The van der Waals surface area contributed by atoms with Crippen molar-refractivity contribution in [2.75, 3.05) is 7.11 Å². The summed E-state index contributed by atoms with van der Waals surface area (Å²) >= 11 is 0. The number of carbonyl (C=O) groups excluding carboxylic acids is 1. The van der Waals surface area contributed by atoms with E-state index >= 15 is 0 Å². The molecule has 1 fully saturated rings. The standard InChI is InChI=1S/C10H16O2/c1-5-6-10(8(11)12-4)7-9(10,2)3/h5-6H,7H2,1-4H3/b6-5+. The average Bonchev–Trinajstić information content (AvgIpc) is 2.54. The van der Waals surface area contributed by atoms with Gasteiger partial charge in [0, 0.05) is 0 Å². The van der Waals surface area contributed by atoms with E-state index in [1.165, 1.54) is 7.11 Å². The summed E-state index contributed by atoms with van der Waals surface area (Å²) in [5, 5.41) is 0. The summed E-state index contributed by atoms with van der Waals surface area (Å²) in [4.78, 5) is 11.4. The lowest BCUT2D eigenvalue weighted by molar-refractivity contribution is -0.146. The maximum absolute atomic E-state index is 11.4.